The minimum atomic E-state index is -1.85. The number of allylic oxidation sites excluding steroid dienone is 2. The van der Waals surface area contributed by atoms with Gasteiger partial charge in [0.2, 0.25) is 6.29 Å². The van der Waals surface area contributed by atoms with Gasteiger partial charge in [0.05, 0.1) is 44.6 Å². The molecule has 5 aliphatic carbocycles. The van der Waals surface area contributed by atoms with E-state index in [2.05, 4.69) is 40.7 Å². The number of ether oxygens (including phenoxy) is 8. The van der Waals surface area contributed by atoms with Gasteiger partial charge in [-0.2, -0.15) is 0 Å². The van der Waals surface area contributed by atoms with Crippen LogP contribution in [0.3, 0.4) is 0 Å². The fourth-order valence-electron chi connectivity index (χ4n) is 16.1. The Hall–Kier alpha value is -1.63. The summed E-state index contributed by atoms with van der Waals surface area (Å²) in [7, 11) is 0. The van der Waals surface area contributed by atoms with Gasteiger partial charge in [-0.15, -0.1) is 0 Å². The Balaban J connectivity index is 0.931. The molecule has 0 amide bonds. The topological polar surface area (TPSA) is 374 Å². The first-order valence-corrected chi connectivity index (χ1v) is 27.4. The van der Waals surface area contributed by atoms with E-state index in [-0.39, 0.29) is 52.6 Å². The highest BCUT2D eigenvalue weighted by Gasteiger charge is 2.71. The highest BCUT2D eigenvalue weighted by atomic mass is 16.8. The van der Waals surface area contributed by atoms with Crippen LogP contribution in [0.2, 0.25) is 0 Å². The normalized spacial score (nSPS) is 54.3. The first kappa shape index (κ1) is 59.0. The third-order valence-corrected chi connectivity index (χ3v) is 21.2. The van der Waals surface area contributed by atoms with Crippen LogP contribution < -0.4 is 0 Å². The number of carbonyl (C=O) groups excluding carboxylic acids is 1. The van der Waals surface area contributed by atoms with Gasteiger partial charge in [0.1, 0.15) is 91.6 Å². The van der Waals surface area contributed by atoms with E-state index in [9.17, 15) is 71.5 Å². The Labute approximate surface area is 442 Å². The Morgan fingerprint density at radius 2 is 1.18 bits per heavy atom. The first-order chi connectivity index (χ1) is 35.7. The average molecular weight is 1090 g/mol. The zero-order valence-corrected chi connectivity index (χ0v) is 44.4. The van der Waals surface area contributed by atoms with E-state index < -0.39 is 159 Å². The van der Waals surface area contributed by atoms with E-state index >= 15 is 4.79 Å². The van der Waals surface area contributed by atoms with Crippen molar-refractivity contribution in [2.45, 2.75) is 229 Å². The van der Waals surface area contributed by atoms with Gasteiger partial charge in [-0.3, -0.25) is 4.79 Å². The van der Waals surface area contributed by atoms with Crippen molar-refractivity contribution in [3.63, 3.8) is 0 Å². The van der Waals surface area contributed by atoms with Crippen molar-refractivity contribution in [3.05, 3.63) is 11.6 Å². The fraction of sp³-hybridized carbons (Fsp3) is 0.943. The molecule has 4 saturated heterocycles. The number of rotatable bonds is 12. The lowest BCUT2D eigenvalue weighted by Crippen LogP contribution is -2.67. The van der Waals surface area contributed by atoms with Gasteiger partial charge < -0.3 is 109 Å². The number of esters is 1. The molecule has 0 unspecified atom stereocenters. The standard InChI is InChI=1S/C53H86O23/c1-48(2)13-15-53(47(68)76-45-41(67)38(64)35(61)28(73-45)21-70-43-39(65)36(62)33(59)26(18-54)71-43)16-14-51(5)23(24(53)17-48)7-8-30-49(3)11-10-31(50(4,22-56)29(49)9-12-52(30,51)6)74-46-42(32(58)25(57)20-69-46)75-44-40(66)37(63)34(60)27(19-55)72-44/h7,24-46,54-67H,8-22H2,1-6H3/t24-,25+,26+,27+,28+,29-,30-,31-,32-,33+,34+,35+,36-,37-,38-,39+,40+,41+,42+,43+,44-,45-,46-,49+,50-,51-,52-,53-/m1/s1. The third kappa shape index (κ3) is 9.56. The van der Waals surface area contributed by atoms with Crippen LogP contribution in [-0.4, -0.2) is 233 Å². The SMILES string of the molecule is CC1(C)CC[C@@]2(C(=O)O[C@H]3O[C@@H](CO[C@H]4O[C@@H](CO)[C@H](O)[C@@H](O)[C@@H]4O)[C@H](O)[C@@H](O)[C@@H]3O)CC[C@]3(C)C(=CC[C@@H]4[C@@]5(C)CC[C@@H](O[C@H]6OC[C@H](O)[C@@H](O)[C@@H]6O[C@H]6O[C@@H](CO)[C@H](O)[C@@H](O)[C@@H]6O)[C@](C)(CO)[C@@H]5CC[C@]43C)[C@H]2C1. The van der Waals surface area contributed by atoms with Gasteiger partial charge in [0, 0.05) is 5.41 Å². The second-order valence-corrected chi connectivity index (χ2v) is 25.7. The van der Waals surface area contributed by atoms with E-state index in [4.69, 9.17) is 37.9 Å². The molecule has 0 bridgehead atoms. The largest absolute Gasteiger partial charge is 0.432 e. The van der Waals surface area contributed by atoms with Crippen molar-refractivity contribution in [1.29, 1.82) is 0 Å². The lowest BCUT2D eigenvalue weighted by atomic mass is 9.33. The van der Waals surface area contributed by atoms with Crippen LogP contribution in [0.5, 0.6) is 0 Å². The molecule has 76 heavy (non-hydrogen) atoms. The summed E-state index contributed by atoms with van der Waals surface area (Å²) >= 11 is 0. The molecule has 8 fully saturated rings. The maximum absolute atomic E-state index is 15.1. The zero-order chi connectivity index (χ0) is 55.4. The Bertz CT molecular complexity index is 2080. The second-order valence-electron chi connectivity index (χ2n) is 25.7. The molecule has 0 spiro atoms. The Morgan fingerprint density at radius 1 is 0.605 bits per heavy atom. The van der Waals surface area contributed by atoms with E-state index in [0.717, 1.165) is 12.8 Å². The predicted molar refractivity (Wildman–Crippen MR) is 258 cm³/mol. The summed E-state index contributed by atoms with van der Waals surface area (Å²) in [6.07, 6.45) is -22.4. The molecule has 23 heteroatoms. The molecular formula is C53H86O23. The van der Waals surface area contributed by atoms with Crippen LogP contribution in [-0.2, 0) is 42.7 Å². The van der Waals surface area contributed by atoms with Crippen LogP contribution in [0, 0.1) is 50.2 Å². The molecule has 9 aliphatic rings. The maximum Gasteiger partial charge on any atom is 0.315 e. The van der Waals surface area contributed by atoms with Crippen molar-refractivity contribution < 1.29 is 114 Å². The Kier molecular flexibility index (Phi) is 16.8. The van der Waals surface area contributed by atoms with Gasteiger partial charge in [0.15, 0.2) is 18.9 Å². The summed E-state index contributed by atoms with van der Waals surface area (Å²) in [4.78, 5) is 15.1. The molecule has 9 rings (SSSR count). The summed E-state index contributed by atoms with van der Waals surface area (Å²) in [6.45, 7) is 10.9. The Morgan fingerprint density at radius 3 is 1.82 bits per heavy atom. The highest BCUT2D eigenvalue weighted by Crippen LogP contribution is 2.76. The number of aliphatic hydroxyl groups is 14. The van der Waals surface area contributed by atoms with Crippen LogP contribution >= 0.6 is 0 Å². The van der Waals surface area contributed by atoms with Crippen molar-refractivity contribution >= 4 is 5.97 Å². The minimum Gasteiger partial charge on any atom is -0.432 e. The summed E-state index contributed by atoms with van der Waals surface area (Å²) in [6, 6.07) is 0. The molecule has 4 aliphatic heterocycles. The van der Waals surface area contributed by atoms with Crippen LogP contribution in [0.25, 0.3) is 0 Å². The molecule has 4 heterocycles. The summed E-state index contributed by atoms with van der Waals surface area (Å²) in [5, 5.41) is 149. The van der Waals surface area contributed by atoms with Crippen molar-refractivity contribution in [1.82, 2.24) is 0 Å². The van der Waals surface area contributed by atoms with Gasteiger partial charge >= 0.3 is 5.97 Å². The lowest BCUT2D eigenvalue weighted by molar-refractivity contribution is -0.368. The van der Waals surface area contributed by atoms with Gasteiger partial charge in [0.25, 0.3) is 0 Å². The van der Waals surface area contributed by atoms with Gasteiger partial charge in [-0.25, -0.2) is 0 Å². The highest BCUT2D eigenvalue weighted by molar-refractivity contribution is 5.79. The van der Waals surface area contributed by atoms with E-state index in [1.807, 2.05) is 6.92 Å². The number of carbonyl (C=O) groups is 1. The van der Waals surface area contributed by atoms with Crippen molar-refractivity contribution in [2.75, 3.05) is 33.0 Å². The summed E-state index contributed by atoms with van der Waals surface area (Å²) in [5.74, 6) is -0.803. The molecule has 0 aromatic heterocycles. The summed E-state index contributed by atoms with van der Waals surface area (Å²) < 4.78 is 47.4. The molecule has 0 radical (unpaired) electrons. The monoisotopic (exact) mass is 1090 g/mol. The number of hydrogen-bond acceptors (Lipinski definition) is 23. The molecule has 4 saturated carbocycles. The molecule has 14 N–H and O–H groups in total. The molecule has 23 nitrogen and oxygen atoms in total. The van der Waals surface area contributed by atoms with E-state index in [1.165, 1.54) is 5.57 Å². The van der Waals surface area contributed by atoms with E-state index in [0.29, 0.717) is 51.4 Å². The van der Waals surface area contributed by atoms with Gasteiger partial charge in [-0.1, -0.05) is 53.2 Å². The first-order valence-electron chi connectivity index (χ1n) is 27.4. The molecular weight excluding hydrogens is 1000 g/mol. The van der Waals surface area contributed by atoms with Crippen LogP contribution in [0.15, 0.2) is 11.6 Å². The van der Waals surface area contributed by atoms with Crippen molar-refractivity contribution in [2.24, 2.45) is 50.2 Å². The predicted octanol–water partition coefficient (Wildman–Crippen LogP) is -2.42. The molecule has 28 atom stereocenters. The molecule has 0 aromatic carbocycles. The van der Waals surface area contributed by atoms with Crippen LogP contribution in [0.4, 0.5) is 0 Å². The van der Waals surface area contributed by atoms with Gasteiger partial charge in [-0.05, 0) is 104 Å². The smallest absolute Gasteiger partial charge is 0.315 e. The minimum absolute atomic E-state index is 0.0715. The maximum atomic E-state index is 15.1. The number of hydrogen-bond donors (Lipinski definition) is 14. The quantitative estimate of drug-likeness (QED) is 0.0549. The van der Waals surface area contributed by atoms with Crippen LogP contribution in [0.1, 0.15) is 106 Å². The summed E-state index contributed by atoms with van der Waals surface area (Å²) in [5.41, 5.74) is -1.83. The number of aliphatic hydroxyl groups excluding tert-OH is 14. The molecule has 0 aromatic rings. The second kappa shape index (κ2) is 21.6. The van der Waals surface area contributed by atoms with E-state index in [1.54, 1.807) is 0 Å². The fourth-order valence-corrected chi connectivity index (χ4v) is 16.1. The molecule has 436 valence electrons. The lowest BCUT2D eigenvalue weighted by Gasteiger charge is -2.71. The third-order valence-electron chi connectivity index (χ3n) is 21.2. The zero-order valence-electron chi connectivity index (χ0n) is 44.4. The number of fused-ring (bicyclic) bond motifs is 7. The van der Waals surface area contributed by atoms with Crippen molar-refractivity contribution in [3.8, 4) is 0 Å². The average Bonchev–Trinajstić information content (AvgIpc) is 3.38.